The van der Waals surface area contributed by atoms with Crippen molar-refractivity contribution in [2.75, 3.05) is 38.3 Å². The first-order valence-corrected chi connectivity index (χ1v) is 27.8. The molecule has 4 heterocycles. The number of esters is 1. The van der Waals surface area contributed by atoms with Gasteiger partial charge in [0.2, 0.25) is 5.91 Å². The molecule has 0 unspecified atom stereocenters. The fourth-order valence-corrected chi connectivity index (χ4v) is 11.1. The summed E-state index contributed by atoms with van der Waals surface area (Å²) in [6, 6.07) is 13.4. The molecule has 0 aromatic heterocycles. The number of carbonyl (C=O) groups is 7. The van der Waals surface area contributed by atoms with Gasteiger partial charge < -0.3 is 39.2 Å². The van der Waals surface area contributed by atoms with Crippen LogP contribution in [0, 0.1) is 11.8 Å². The monoisotopic (exact) mass is 1140 g/mol. The number of aliphatic hydroxyl groups excluding tert-OH is 2. The van der Waals surface area contributed by atoms with Gasteiger partial charge in [-0.15, -0.1) is 0 Å². The standard InChI is InChI=1S/C57H65ClN4O17S/c1-33-10-9-11-40(31-64)57(72)28-46(77-55(71)60-57)34(2)54-56(4,79-54)48(27-51(69)61(5)44-25-37(22-33)23-39(30-63)53(44)58)78-52(70)32-76-42-16-14-38(15-17-42)35(3)59-29-45(66)43-18-13-36(26-47(43)80(73,74)75)24-41(65)12-7-6-8-21-62-49(67)19-20-50(62)68/h9-11,13-20,23,25-26,34,40,46,48,54,63-64,72H,6-8,12,21-22,24,27-32H2,1-5H3,(H,60,71)(H,73,74,75)/b11-9+,33-10+,59-35?/t34-,40+,46+,48+,54+,56+,57+/m1/s1. The number of aliphatic hydroxyl groups is 3. The molecule has 2 fully saturated rings. The van der Waals surface area contributed by atoms with Crippen LogP contribution in [0.2, 0.25) is 5.02 Å². The molecule has 7 atom stereocenters. The van der Waals surface area contributed by atoms with Gasteiger partial charge in [-0.25, -0.2) is 9.59 Å². The Morgan fingerprint density at radius 3 is 2.38 bits per heavy atom. The Bertz CT molecular complexity index is 3140. The van der Waals surface area contributed by atoms with E-state index in [1.807, 2.05) is 6.92 Å². The molecule has 0 radical (unpaired) electrons. The Kier molecular flexibility index (Phi) is 19.5. The lowest BCUT2D eigenvalue weighted by molar-refractivity contribution is -0.156. The number of nitrogens with zero attached hydrogens (tertiary/aromatic N) is 3. The van der Waals surface area contributed by atoms with E-state index in [2.05, 4.69) is 10.3 Å². The number of Topliss-reactive ketones (excluding diaryl/α,β-unsaturated/α-hetero) is 2. The second kappa shape index (κ2) is 25.7. The number of allylic oxidation sites excluding steroid dienone is 3. The van der Waals surface area contributed by atoms with Crippen molar-refractivity contribution in [1.82, 2.24) is 10.2 Å². The van der Waals surface area contributed by atoms with Crippen molar-refractivity contribution >= 4 is 74.5 Å². The van der Waals surface area contributed by atoms with Crippen LogP contribution in [-0.4, -0.2) is 143 Å². The van der Waals surface area contributed by atoms with Crippen LogP contribution in [0.1, 0.15) is 98.8 Å². The number of fused-ring (bicyclic) bond motifs is 5. The first-order valence-electron chi connectivity index (χ1n) is 26.0. The summed E-state index contributed by atoms with van der Waals surface area (Å²) in [4.78, 5) is 96.6. The first-order chi connectivity index (χ1) is 37.8. The molecule has 7 rings (SSSR count). The highest BCUT2D eigenvalue weighted by Crippen LogP contribution is 2.49. The van der Waals surface area contributed by atoms with Crippen molar-refractivity contribution in [1.29, 1.82) is 0 Å². The van der Waals surface area contributed by atoms with E-state index in [1.54, 1.807) is 63.3 Å². The molecule has 5 N–H and O–H groups in total. The van der Waals surface area contributed by atoms with Crippen molar-refractivity contribution in [2.45, 2.75) is 120 Å². The normalized spacial score (nSPS) is 25.5. The highest BCUT2D eigenvalue weighted by Gasteiger charge is 2.64. The highest BCUT2D eigenvalue weighted by molar-refractivity contribution is 7.86. The Morgan fingerprint density at radius 1 is 0.988 bits per heavy atom. The van der Waals surface area contributed by atoms with Crippen LogP contribution in [-0.2, 0) is 67.7 Å². The SMILES string of the molecule is CC(=NCC(=O)c1ccc(CC(=O)CCCCCN2C(=O)C=CC2=O)cc1S(=O)(=O)O)c1ccc(OCC(=O)O[C@H]2CC(=O)N(C)c3cc(cc(CO)c3Cl)C/C(C)=C/C=C/[C@@H](CO)[C@@]3(O)C[C@H](OC(=O)N3)[C@@H](C)[C@@H]3O[C@@]23C)cc1. The van der Waals surface area contributed by atoms with Crippen LogP contribution in [0.4, 0.5) is 10.5 Å². The smallest absolute Gasteiger partial charge is 0.409 e. The third-order valence-electron chi connectivity index (χ3n) is 14.8. The van der Waals surface area contributed by atoms with Crippen LogP contribution >= 0.6 is 11.6 Å². The lowest BCUT2D eigenvalue weighted by Gasteiger charge is -2.42. The maximum absolute atomic E-state index is 14.3. The van der Waals surface area contributed by atoms with Gasteiger partial charge in [0.15, 0.2) is 18.1 Å². The topological polar surface area (TPSA) is 306 Å². The number of ether oxygens (including phenoxy) is 4. The Morgan fingerprint density at radius 2 is 1.70 bits per heavy atom. The number of halogens is 1. The van der Waals surface area contributed by atoms with Crippen LogP contribution in [0.25, 0.3) is 0 Å². The number of amides is 4. The molecule has 23 heteroatoms. The van der Waals surface area contributed by atoms with E-state index in [1.165, 1.54) is 48.4 Å². The van der Waals surface area contributed by atoms with E-state index in [4.69, 9.17) is 30.5 Å². The van der Waals surface area contributed by atoms with E-state index < -0.39 is 113 Å². The van der Waals surface area contributed by atoms with Gasteiger partial charge in [0.1, 0.15) is 40.8 Å². The number of ketones is 2. The number of nitrogens with one attached hydrogen (secondary N) is 1. The van der Waals surface area contributed by atoms with Gasteiger partial charge in [0.05, 0.1) is 36.4 Å². The number of benzene rings is 3. The summed E-state index contributed by atoms with van der Waals surface area (Å²) in [6.45, 7) is 5.00. The molecular formula is C57H65ClN4O17S. The second-order valence-electron chi connectivity index (χ2n) is 20.7. The van der Waals surface area contributed by atoms with Crippen molar-refractivity contribution in [3.8, 4) is 5.75 Å². The number of anilines is 1. The Balaban J connectivity index is 0.997. The van der Waals surface area contributed by atoms with Crippen molar-refractivity contribution in [3.05, 3.63) is 123 Å². The number of alkyl carbamates (subject to hydrolysis) is 1. The summed E-state index contributed by atoms with van der Waals surface area (Å²) in [7, 11) is -3.40. The van der Waals surface area contributed by atoms with Crippen LogP contribution in [0.5, 0.6) is 5.75 Å². The third kappa shape index (κ3) is 14.7. The van der Waals surface area contributed by atoms with Gasteiger partial charge in [0.25, 0.3) is 21.9 Å². The summed E-state index contributed by atoms with van der Waals surface area (Å²) in [6.07, 6.45) is 4.86. The van der Waals surface area contributed by atoms with Crippen LogP contribution in [0.3, 0.4) is 0 Å². The number of hydrogen-bond acceptors (Lipinski definition) is 17. The zero-order valence-electron chi connectivity index (χ0n) is 44.9. The molecule has 21 nitrogen and oxygen atoms in total. The fourth-order valence-electron chi connectivity index (χ4n) is 10.0. The van der Waals surface area contributed by atoms with E-state index in [-0.39, 0.29) is 65.3 Å². The lowest BCUT2D eigenvalue weighted by atomic mass is 9.81. The maximum Gasteiger partial charge on any atom is 0.409 e. The second-order valence-corrected chi connectivity index (χ2v) is 22.4. The van der Waals surface area contributed by atoms with Gasteiger partial charge in [-0.2, -0.15) is 8.42 Å². The van der Waals surface area contributed by atoms with E-state index in [9.17, 15) is 61.9 Å². The minimum absolute atomic E-state index is 0.139. The summed E-state index contributed by atoms with van der Waals surface area (Å²) in [5.74, 6) is -4.47. The number of hydrogen-bond donors (Lipinski definition) is 5. The molecular weight excluding hydrogens is 1080 g/mol. The molecule has 2 saturated heterocycles. The molecule has 4 bridgehead atoms. The van der Waals surface area contributed by atoms with Gasteiger partial charge in [-0.3, -0.25) is 43.7 Å². The number of epoxide rings is 1. The minimum Gasteiger partial charge on any atom is -0.482 e. The zero-order chi connectivity index (χ0) is 58.3. The van der Waals surface area contributed by atoms with Gasteiger partial charge in [-0.1, -0.05) is 60.9 Å². The van der Waals surface area contributed by atoms with Gasteiger partial charge in [-0.05, 0) is 105 Å². The molecule has 3 aromatic rings. The third-order valence-corrected chi connectivity index (χ3v) is 16.1. The van der Waals surface area contributed by atoms with E-state index in [0.29, 0.717) is 53.8 Å². The van der Waals surface area contributed by atoms with Crippen molar-refractivity contribution in [3.63, 3.8) is 0 Å². The molecule has 0 spiro atoms. The van der Waals surface area contributed by atoms with E-state index >= 15 is 0 Å². The quantitative estimate of drug-likeness (QED) is 0.0192. The fraction of sp³-hybridized carbons (Fsp3) is 0.439. The Hall–Kier alpha value is -6.92. The number of imide groups is 1. The minimum atomic E-state index is -4.90. The first kappa shape index (κ1) is 60.7. The summed E-state index contributed by atoms with van der Waals surface area (Å²) in [5.41, 5.74) is -0.202. The average molecular weight is 1150 g/mol. The molecule has 0 saturated carbocycles. The van der Waals surface area contributed by atoms with Gasteiger partial charge >= 0.3 is 12.1 Å². The number of carbonyl (C=O) groups excluding carboxylic acids is 7. The lowest BCUT2D eigenvalue weighted by Crippen LogP contribution is -2.62. The summed E-state index contributed by atoms with van der Waals surface area (Å²) >= 11 is 6.76. The molecule has 80 heavy (non-hydrogen) atoms. The van der Waals surface area contributed by atoms with E-state index in [0.717, 1.165) is 16.5 Å². The predicted molar refractivity (Wildman–Crippen MR) is 291 cm³/mol. The Labute approximate surface area is 468 Å². The number of rotatable bonds is 19. The largest absolute Gasteiger partial charge is 0.482 e. The molecule has 3 aromatic carbocycles. The van der Waals surface area contributed by atoms with Crippen LogP contribution in [0.15, 0.2) is 100 Å². The number of aliphatic imine (C=N–C) groups is 1. The summed E-state index contributed by atoms with van der Waals surface area (Å²) in [5, 5.41) is 35.0. The van der Waals surface area contributed by atoms with Crippen molar-refractivity contribution < 1.29 is 80.8 Å². The summed E-state index contributed by atoms with van der Waals surface area (Å²) < 4.78 is 58.6. The highest BCUT2D eigenvalue weighted by atomic mass is 35.5. The maximum atomic E-state index is 14.3. The molecule has 4 aliphatic heterocycles. The predicted octanol–water partition coefficient (Wildman–Crippen LogP) is 5.36. The van der Waals surface area contributed by atoms with Gasteiger partial charge in [0, 0.05) is 68.1 Å². The zero-order valence-corrected chi connectivity index (χ0v) is 46.5. The molecule has 428 valence electrons. The average Bonchev–Trinajstić information content (AvgIpc) is 4.08. The van der Waals surface area contributed by atoms with Crippen molar-refractivity contribution in [2.24, 2.45) is 16.8 Å². The van der Waals surface area contributed by atoms with Crippen LogP contribution < -0.4 is 15.0 Å². The number of unbranched alkanes of at least 4 members (excludes halogenated alkanes) is 2. The molecule has 0 aliphatic carbocycles. The molecule has 4 aliphatic rings. The molecule has 4 amide bonds.